The number of aryl methyl sites for hydroxylation is 2. The maximum absolute atomic E-state index is 13.3. The van der Waals surface area contributed by atoms with E-state index in [1.807, 2.05) is 44.2 Å². The third-order valence-corrected chi connectivity index (χ3v) is 5.40. The highest BCUT2D eigenvalue weighted by Gasteiger charge is 2.40. The van der Waals surface area contributed by atoms with Crippen molar-refractivity contribution in [1.29, 1.82) is 0 Å². The Labute approximate surface area is 176 Å². The van der Waals surface area contributed by atoms with Crippen LogP contribution in [0.3, 0.4) is 0 Å². The van der Waals surface area contributed by atoms with Crippen molar-refractivity contribution in [3.05, 3.63) is 75.4 Å². The molecule has 1 N–H and O–H groups in total. The molecule has 1 aliphatic heterocycles. The summed E-state index contributed by atoms with van der Waals surface area (Å²) in [6.07, 6.45) is 0.547. The summed E-state index contributed by atoms with van der Waals surface area (Å²) in [5.74, 6) is -0.620. The van der Waals surface area contributed by atoms with E-state index in [0.717, 1.165) is 22.3 Å². The number of likely N-dealkylation sites (N-methyl/N-ethyl adjacent to an activating group) is 1. The van der Waals surface area contributed by atoms with Gasteiger partial charge in [-0.1, -0.05) is 47.5 Å². The van der Waals surface area contributed by atoms with Crippen molar-refractivity contribution in [2.45, 2.75) is 20.3 Å². The second-order valence-electron chi connectivity index (χ2n) is 7.33. The molecule has 0 saturated carbocycles. The van der Waals surface area contributed by atoms with Gasteiger partial charge in [-0.2, -0.15) is 0 Å². The topological polar surface area (TPSA) is 60.9 Å². The van der Waals surface area contributed by atoms with Gasteiger partial charge in [-0.3, -0.25) is 14.5 Å². The van der Waals surface area contributed by atoms with Gasteiger partial charge in [0, 0.05) is 25.2 Å². The maximum Gasteiger partial charge on any atom is 0.277 e. The lowest BCUT2D eigenvalue weighted by Crippen LogP contribution is -2.36. The van der Waals surface area contributed by atoms with Gasteiger partial charge < -0.3 is 10.0 Å². The minimum atomic E-state index is -0.324. The standard InChI is InChI=1S/C23H25ClN2O3/c1-15-4-9-19(16(2)14-15)20-21(25(3)12-13-27)23(29)26(22(20)28)11-10-17-5-7-18(24)8-6-17/h4-9,14,27H,10-13H2,1-3H3. The van der Waals surface area contributed by atoms with Crippen molar-refractivity contribution in [3.63, 3.8) is 0 Å². The maximum atomic E-state index is 13.3. The highest BCUT2D eigenvalue weighted by Crippen LogP contribution is 2.33. The van der Waals surface area contributed by atoms with Crippen LogP contribution in [0.15, 0.2) is 48.2 Å². The molecule has 3 rings (SSSR count). The van der Waals surface area contributed by atoms with Gasteiger partial charge in [0.2, 0.25) is 0 Å². The van der Waals surface area contributed by atoms with Gasteiger partial charge >= 0.3 is 0 Å². The molecule has 2 amide bonds. The lowest BCUT2D eigenvalue weighted by atomic mass is 9.97. The summed E-state index contributed by atoms with van der Waals surface area (Å²) in [6, 6.07) is 13.2. The smallest absolute Gasteiger partial charge is 0.277 e. The third-order valence-electron chi connectivity index (χ3n) is 5.15. The van der Waals surface area contributed by atoms with Crippen LogP contribution in [0.25, 0.3) is 5.57 Å². The van der Waals surface area contributed by atoms with Crippen LogP contribution in [0.5, 0.6) is 0 Å². The molecular formula is C23H25ClN2O3. The Bertz CT molecular complexity index is 967. The predicted octanol–water partition coefficient (Wildman–Crippen LogP) is 3.20. The van der Waals surface area contributed by atoms with Crippen molar-refractivity contribution >= 4 is 29.0 Å². The molecule has 0 spiro atoms. The highest BCUT2D eigenvalue weighted by molar-refractivity contribution is 6.35. The molecule has 0 radical (unpaired) electrons. The van der Waals surface area contributed by atoms with E-state index in [9.17, 15) is 14.7 Å². The SMILES string of the molecule is Cc1ccc(C2=C(N(C)CCO)C(=O)N(CCc3ccc(Cl)cc3)C2=O)c(C)c1. The Morgan fingerprint density at radius 1 is 1.03 bits per heavy atom. The largest absolute Gasteiger partial charge is 0.395 e. The number of amides is 2. The fourth-order valence-corrected chi connectivity index (χ4v) is 3.74. The number of carbonyl (C=O) groups is 2. The first kappa shape index (κ1) is 21.1. The van der Waals surface area contributed by atoms with Gasteiger partial charge in [0.25, 0.3) is 11.8 Å². The molecule has 0 atom stereocenters. The fraction of sp³-hybridized carbons (Fsp3) is 0.304. The molecule has 6 heteroatoms. The number of benzene rings is 2. The van der Waals surface area contributed by atoms with Crippen LogP contribution in [0, 0.1) is 13.8 Å². The van der Waals surface area contributed by atoms with E-state index in [1.54, 1.807) is 24.1 Å². The number of halogens is 1. The van der Waals surface area contributed by atoms with Gasteiger partial charge in [0.05, 0.1) is 12.2 Å². The second kappa shape index (κ2) is 8.80. The molecule has 0 aromatic heterocycles. The van der Waals surface area contributed by atoms with Crippen molar-refractivity contribution < 1.29 is 14.7 Å². The molecule has 0 bridgehead atoms. The number of imide groups is 1. The summed E-state index contributed by atoms with van der Waals surface area (Å²) in [6.45, 7) is 4.38. The number of carbonyl (C=O) groups excluding carboxylic acids is 2. The Hall–Kier alpha value is -2.63. The van der Waals surface area contributed by atoms with Gasteiger partial charge in [-0.05, 0) is 49.1 Å². The van der Waals surface area contributed by atoms with Crippen molar-refractivity contribution in [2.75, 3.05) is 26.7 Å². The Morgan fingerprint density at radius 2 is 1.72 bits per heavy atom. The molecule has 0 saturated heterocycles. The van der Waals surface area contributed by atoms with Crippen LogP contribution in [0.2, 0.25) is 5.02 Å². The molecule has 29 heavy (non-hydrogen) atoms. The van der Waals surface area contributed by atoms with Gasteiger partial charge in [0.1, 0.15) is 5.70 Å². The number of nitrogens with zero attached hydrogens (tertiary/aromatic N) is 2. The first-order valence-electron chi connectivity index (χ1n) is 9.58. The summed E-state index contributed by atoms with van der Waals surface area (Å²) >= 11 is 5.93. The number of aliphatic hydroxyl groups excluding tert-OH is 1. The number of hydrogen-bond donors (Lipinski definition) is 1. The minimum absolute atomic E-state index is 0.105. The zero-order valence-corrected chi connectivity index (χ0v) is 17.7. The molecule has 1 heterocycles. The average molecular weight is 413 g/mol. The summed E-state index contributed by atoms with van der Waals surface area (Å²) < 4.78 is 0. The summed E-state index contributed by atoms with van der Waals surface area (Å²) in [4.78, 5) is 29.4. The Morgan fingerprint density at radius 3 is 2.34 bits per heavy atom. The molecule has 2 aromatic rings. The minimum Gasteiger partial charge on any atom is -0.395 e. The van der Waals surface area contributed by atoms with E-state index < -0.39 is 0 Å². The first-order chi connectivity index (χ1) is 13.8. The first-order valence-corrected chi connectivity index (χ1v) is 9.95. The molecule has 152 valence electrons. The van der Waals surface area contributed by atoms with E-state index in [2.05, 4.69) is 0 Å². The van der Waals surface area contributed by atoms with Gasteiger partial charge in [-0.15, -0.1) is 0 Å². The van der Waals surface area contributed by atoms with Crippen molar-refractivity contribution in [1.82, 2.24) is 9.80 Å². The fourth-order valence-electron chi connectivity index (χ4n) is 3.61. The third kappa shape index (κ3) is 4.36. The zero-order valence-electron chi connectivity index (χ0n) is 16.9. The second-order valence-corrected chi connectivity index (χ2v) is 7.76. The highest BCUT2D eigenvalue weighted by atomic mass is 35.5. The van der Waals surface area contributed by atoms with Crippen LogP contribution in [0.1, 0.15) is 22.3 Å². The van der Waals surface area contributed by atoms with E-state index in [4.69, 9.17) is 11.6 Å². The van der Waals surface area contributed by atoms with Crippen molar-refractivity contribution in [2.24, 2.45) is 0 Å². The Kier molecular flexibility index (Phi) is 6.40. The van der Waals surface area contributed by atoms with E-state index in [-0.39, 0.29) is 31.5 Å². The van der Waals surface area contributed by atoms with E-state index >= 15 is 0 Å². The number of aliphatic hydroxyl groups is 1. The molecule has 0 aliphatic carbocycles. The molecule has 0 fully saturated rings. The summed E-state index contributed by atoms with van der Waals surface area (Å²) in [7, 11) is 1.73. The zero-order chi connectivity index (χ0) is 21.1. The number of hydrogen-bond acceptors (Lipinski definition) is 4. The summed E-state index contributed by atoms with van der Waals surface area (Å²) in [5, 5.41) is 10.00. The molecule has 2 aromatic carbocycles. The van der Waals surface area contributed by atoms with Crippen LogP contribution in [0.4, 0.5) is 0 Å². The van der Waals surface area contributed by atoms with E-state index in [0.29, 0.717) is 22.7 Å². The molecule has 5 nitrogen and oxygen atoms in total. The Balaban J connectivity index is 1.94. The lowest BCUT2D eigenvalue weighted by molar-refractivity contribution is -0.137. The van der Waals surface area contributed by atoms with Crippen molar-refractivity contribution in [3.8, 4) is 0 Å². The van der Waals surface area contributed by atoms with Crippen LogP contribution < -0.4 is 0 Å². The molecular weight excluding hydrogens is 388 g/mol. The quantitative estimate of drug-likeness (QED) is 0.709. The number of rotatable bonds is 7. The van der Waals surface area contributed by atoms with Crippen LogP contribution >= 0.6 is 11.6 Å². The van der Waals surface area contributed by atoms with E-state index in [1.165, 1.54) is 4.90 Å². The normalized spacial score (nSPS) is 14.2. The van der Waals surface area contributed by atoms with Crippen LogP contribution in [-0.2, 0) is 16.0 Å². The lowest BCUT2D eigenvalue weighted by Gasteiger charge is -2.20. The average Bonchev–Trinajstić information content (AvgIpc) is 2.92. The molecule has 0 unspecified atom stereocenters. The predicted molar refractivity (Wildman–Crippen MR) is 114 cm³/mol. The molecule has 1 aliphatic rings. The monoisotopic (exact) mass is 412 g/mol. The van der Waals surface area contributed by atoms with Gasteiger partial charge in [0.15, 0.2) is 0 Å². The summed E-state index contributed by atoms with van der Waals surface area (Å²) in [5.41, 5.74) is 4.53. The van der Waals surface area contributed by atoms with Crippen LogP contribution in [-0.4, -0.2) is 53.5 Å². The van der Waals surface area contributed by atoms with Gasteiger partial charge in [-0.25, -0.2) is 0 Å².